The van der Waals surface area contributed by atoms with Crippen molar-refractivity contribution < 1.29 is 9.18 Å². The van der Waals surface area contributed by atoms with Gasteiger partial charge in [0.2, 0.25) is 0 Å². The molecule has 1 aliphatic carbocycles. The standard InChI is InChI=1S/C20H16FNOS/c21-15-8-5-14(6-9-15)17-11-12-24-19(17)20(23)22-18-10-7-13-3-1-2-4-16(13)18/h1-6,8-9,11-12,18H,7,10H2,(H,22,23). The molecule has 1 atom stereocenters. The molecule has 1 N–H and O–H groups in total. The molecule has 1 amide bonds. The van der Waals surface area contributed by atoms with E-state index < -0.39 is 0 Å². The second-order valence-electron chi connectivity index (χ2n) is 5.93. The van der Waals surface area contributed by atoms with Crippen molar-refractivity contribution in [3.8, 4) is 11.1 Å². The number of benzene rings is 2. The first-order valence-corrected chi connectivity index (χ1v) is 8.82. The molecule has 0 saturated carbocycles. The average molecular weight is 337 g/mol. The second kappa shape index (κ2) is 6.21. The number of carbonyl (C=O) groups is 1. The van der Waals surface area contributed by atoms with Crippen LogP contribution in [0.1, 0.15) is 33.3 Å². The number of hydrogen-bond donors (Lipinski definition) is 1. The van der Waals surface area contributed by atoms with Crippen LogP contribution in [0.2, 0.25) is 0 Å². The maximum Gasteiger partial charge on any atom is 0.262 e. The third-order valence-corrected chi connectivity index (χ3v) is 5.38. The van der Waals surface area contributed by atoms with E-state index in [0.29, 0.717) is 4.88 Å². The molecule has 3 aromatic rings. The highest BCUT2D eigenvalue weighted by Crippen LogP contribution is 2.33. The third-order valence-electron chi connectivity index (χ3n) is 4.46. The molecule has 4 rings (SSSR count). The zero-order valence-corrected chi connectivity index (χ0v) is 13.8. The molecule has 0 radical (unpaired) electrons. The first-order valence-electron chi connectivity index (χ1n) is 7.94. The van der Waals surface area contributed by atoms with Gasteiger partial charge in [-0.05, 0) is 53.1 Å². The Morgan fingerprint density at radius 1 is 1.08 bits per heavy atom. The molecule has 1 heterocycles. The monoisotopic (exact) mass is 337 g/mol. The molecular weight excluding hydrogens is 321 g/mol. The fraction of sp³-hybridized carbons (Fsp3) is 0.150. The summed E-state index contributed by atoms with van der Waals surface area (Å²) < 4.78 is 13.1. The predicted molar refractivity (Wildman–Crippen MR) is 94.7 cm³/mol. The fourth-order valence-electron chi connectivity index (χ4n) is 3.27. The number of carbonyl (C=O) groups excluding carboxylic acids is 1. The van der Waals surface area contributed by atoms with Gasteiger partial charge in [0.1, 0.15) is 5.82 Å². The topological polar surface area (TPSA) is 29.1 Å². The summed E-state index contributed by atoms with van der Waals surface area (Å²) in [6.07, 6.45) is 1.93. The van der Waals surface area contributed by atoms with Gasteiger partial charge in [-0.25, -0.2) is 4.39 Å². The average Bonchev–Trinajstić information content (AvgIpc) is 3.23. The van der Waals surface area contributed by atoms with Gasteiger partial charge in [-0.3, -0.25) is 4.79 Å². The first-order chi connectivity index (χ1) is 11.7. The number of fused-ring (bicyclic) bond motifs is 1. The molecule has 0 spiro atoms. The quantitative estimate of drug-likeness (QED) is 0.718. The summed E-state index contributed by atoms with van der Waals surface area (Å²) in [6, 6.07) is 16.5. The van der Waals surface area contributed by atoms with E-state index in [4.69, 9.17) is 0 Å². The number of halogens is 1. The van der Waals surface area contributed by atoms with Gasteiger partial charge < -0.3 is 5.32 Å². The van der Waals surface area contributed by atoms with Crippen LogP contribution in [0.25, 0.3) is 11.1 Å². The van der Waals surface area contributed by atoms with Gasteiger partial charge in [0, 0.05) is 5.56 Å². The Bertz CT molecular complexity index is 885. The lowest BCUT2D eigenvalue weighted by molar-refractivity contribution is 0.0941. The minimum absolute atomic E-state index is 0.0639. The van der Waals surface area contributed by atoms with E-state index in [0.717, 1.165) is 24.0 Å². The molecule has 0 aliphatic heterocycles. The molecular formula is C20H16FNOS. The van der Waals surface area contributed by atoms with Gasteiger partial charge in [-0.1, -0.05) is 36.4 Å². The molecule has 120 valence electrons. The molecule has 2 nitrogen and oxygen atoms in total. The molecule has 2 aromatic carbocycles. The van der Waals surface area contributed by atoms with E-state index in [2.05, 4.69) is 17.4 Å². The molecule has 24 heavy (non-hydrogen) atoms. The van der Waals surface area contributed by atoms with Crippen LogP contribution in [0.3, 0.4) is 0 Å². The van der Waals surface area contributed by atoms with E-state index in [1.165, 1.54) is 34.6 Å². The molecule has 1 aliphatic rings. The van der Waals surface area contributed by atoms with Crippen LogP contribution < -0.4 is 5.32 Å². The number of thiophene rings is 1. The minimum atomic E-state index is -0.275. The number of hydrogen-bond acceptors (Lipinski definition) is 2. The summed E-state index contributed by atoms with van der Waals surface area (Å²) in [5, 5.41) is 5.06. The third kappa shape index (κ3) is 2.74. The van der Waals surface area contributed by atoms with Crippen LogP contribution in [-0.2, 0) is 6.42 Å². The lowest BCUT2D eigenvalue weighted by atomic mass is 10.1. The number of rotatable bonds is 3. The van der Waals surface area contributed by atoms with Gasteiger partial charge in [0.15, 0.2) is 0 Å². The second-order valence-corrected chi connectivity index (χ2v) is 6.85. The summed E-state index contributed by atoms with van der Waals surface area (Å²) >= 11 is 1.42. The normalized spacial score (nSPS) is 16.0. The summed E-state index contributed by atoms with van der Waals surface area (Å²) in [5.41, 5.74) is 4.23. The Balaban J connectivity index is 1.58. The maximum absolute atomic E-state index is 13.1. The van der Waals surface area contributed by atoms with Gasteiger partial charge in [-0.15, -0.1) is 11.3 Å². The van der Waals surface area contributed by atoms with E-state index >= 15 is 0 Å². The fourth-order valence-corrected chi connectivity index (χ4v) is 4.09. The van der Waals surface area contributed by atoms with Crippen molar-refractivity contribution >= 4 is 17.2 Å². The Kier molecular flexibility index (Phi) is 3.90. The SMILES string of the molecule is O=C(NC1CCc2ccccc21)c1sccc1-c1ccc(F)cc1. The Morgan fingerprint density at radius 3 is 2.71 bits per heavy atom. The van der Waals surface area contributed by atoms with Crippen molar-refractivity contribution in [2.45, 2.75) is 18.9 Å². The lowest BCUT2D eigenvalue weighted by Crippen LogP contribution is -2.26. The Morgan fingerprint density at radius 2 is 1.88 bits per heavy atom. The number of amides is 1. The lowest BCUT2D eigenvalue weighted by Gasteiger charge is -2.14. The van der Waals surface area contributed by atoms with Crippen molar-refractivity contribution in [3.63, 3.8) is 0 Å². The molecule has 0 saturated heterocycles. The van der Waals surface area contributed by atoms with E-state index in [9.17, 15) is 9.18 Å². The number of aryl methyl sites for hydroxylation is 1. The van der Waals surface area contributed by atoms with Crippen molar-refractivity contribution in [1.82, 2.24) is 5.32 Å². The van der Waals surface area contributed by atoms with Gasteiger partial charge in [0.05, 0.1) is 10.9 Å². The van der Waals surface area contributed by atoms with Gasteiger partial charge >= 0.3 is 0 Å². The summed E-state index contributed by atoms with van der Waals surface area (Å²) in [4.78, 5) is 13.4. The highest BCUT2D eigenvalue weighted by atomic mass is 32.1. The zero-order chi connectivity index (χ0) is 16.5. The van der Waals surface area contributed by atoms with E-state index in [1.807, 2.05) is 23.6 Å². The summed E-state index contributed by atoms with van der Waals surface area (Å²) in [5.74, 6) is -0.339. The molecule has 4 heteroatoms. The zero-order valence-electron chi connectivity index (χ0n) is 13.0. The van der Waals surface area contributed by atoms with Crippen LogP contribution in [0.15, 0.2) is 60.0 Å². The van der Waals surface area contributed by atoms with E-state index in [-0.39, 0.29) is 17.8 Å². The van der Waals surface area contributed by atoms with Crippen LogP contribution in [0.4, 0.5) is 4.39 Å². The van der Waals surface area contributed by atoms with Crippen molar-refractivity contribution in [3.05, 3.63) is 81.8 Å². The van der Waals surface area contributed by atoms with Crippen LogP contribution in [0, 0.1) is 5.82 Å². The van der Waals surface area contributed by atoms with Crippen LogP contribution in [0.5, 0.6) is 0 Å². The van der Waals surface area contributed by atoms with E-state index in [1.54, 1.807) is 12.1 Å². The van der Waals surface area contributed by atoms with Gasteiger partial charge in [0.25, 0.3) is 5.91 Å². The minimum Gasteiger partial charge on any atom is -0.344 e. The van der Waals surface area contributed by atoms with Crippen LogP contribution in [-0.4, -0.2) is 5.91 Å². The Labute approximate surface area is 144 Å². The predicted octanol–water partition coefficient (Wildman–Crippen LogP) is 4.97. The van der Waals surface area contributed by atoms with Crippen molar-refractivity contribution in [2.75, 3.05) is 0 Å². The molecule has 1 aromatic heterocycles. The number of nitrogens with one attached hydrogen (secondary N) is 1. The molecule has 0 bridgehead atoms. The maximum atomic E-state index is 13.1. The Hall–Kier alpha value is -2.46. The largest absolute Gasteiger partial charge is 0.344 e. The molecule has 1 unspecified atom stereocenters. The van der Waals surface area contributed by atoms with Crippen molar-refractivity contribution in [2.24, 2.45) is 0 Å². The smallest absolute Gasteiger partial charge is 0.262 e. The summed E-state index contributed by atoms with van der Waals surface area (Å²) in [7, 11) is 0. The molecule has 0 fully saturated rings. The van der Waals surface area contributed by atoms with Crippen molar-refractivity contribution in [1.29, 1.82) is 0 Å². The first kappa shape index (κ1) is 15.1. The van der Waals surface area contributed by atoms with Crippen LogP contribution >= 0.6 is 11.3 Å². The summed E-state index contributed by atoms with van der Waals surface area (Å²) in [6.45, 7) is 0. The van der Waals surface area contributed by atoms with Gasteiger partial charge in [-0.2, -0.15) is 0 Å². The highest BCUT2D eigenvalue weighted by Gasteiger charge is 2.25. The highest BCUT2D eigenvalue weighted by molar-refractivity contribution is 7.12.